The zero-order valence-electron chi connectivity index (χ0n) is 60.6. The van der Waals surface area contributed by atoms with Gasteiger partial charge in [-0.3, -0.25) is 38.4 Å². The van der Waals surface area contributed by atoms with Crippen LogP contribution in [0.3, 0.4) is 0 Å². The predicted octanol–water partition coefficient (Wildman–Crippen LogP) is 7.84. The molecule has 6 heterocycles. The molecule has 1 aliphatic carbocycles. The van der Waals surface area contributed by atoms with Crippen molar-refractivity contribution in [1.82, 2.24) is 46.1 Å². The first-order valence-corrected chi connectivity index (χ1v) is 35.8. The first-order valence-electron chi connectivity index (χ1n) is 35.8. The van der Waals surface area contributed by atoms with Crippen molar-refractivity contribution in [3.63, 3.8) is 0 Å². The number of aliphatic hydroxyl groups excluding tert-OH is 1. The molecule has 6 N–H and O–H groups in total. The molecule has 9 amide bonds. The first-order chi connectivity index (χ1) is 51.6. The fraction of sp³-hybridized carbons (Fsp3) is 0.380. The molecule has 7 aromatic rings. The summed E-state index contributed by atoms with van der Waals surface area (Å²) in [4.78, 5) is 129. The van der Waals surface area contributed by atoms with Crippen LogP contribution < -0.4 is 60.1 Å². The maximum atomic E-state index is 14.5. The van der Waals surface area contributed by atoms with Crippen LogP contribution in [0.15, 0.2) is 128 Å². The number of nitrogens with zero attached hydrogens (tertiary/aromatic N) is 7. The minimum atomic E-state index is -1.50. The number of para-hydroxylation sites is 1. The lowest BCUT2D eigenvalue weighted by Gasteiger charge is -2.31. The molecule has 28 heteroatoms. The predicted molar refractivity (Wildman–Crippen MR) is 393 cm³/mol. The van der Waals surface area contributed by atoms with E-state index in [1.807, 2.05) is 97.0 Å². The number of fused-ring (bicyclic) bond motifs is 9. The second kappa shape index (κ2) is 31.5. The zero-order chi connectivity index (χ0) is 75.4. The second-order valence-electron chi connectivity index (χ2n) is 28.1. The summed E-state index contributed by atoms with van der Waals surface area (Å²) in [6.07, 6.45) is 3.89. The lowest BCUT2D eigenvalue weighted by Crippen LogP contribution is -2.55. The van der Waals surface area contributed by atoms with Crippen LogP contribution in [-0.4, -0.2) is 168 Å². The van der Waals surface area contributed by atoms with E-state index in [1.54, 1.807) is 65.8 Å². The highest BCUT2D eigenvalue weighted by atomic mass is 16.6. The lowest BCUT2D eigenvalue weighted by molar-refractivity contribution is -0.132. The summed E-state index contributed by atoms with van der Waals surface area (Å²) in [5.74, 6) is -2.40. The number of carbonyl (C=O) groups excluding carboxylic acids is 9. The zero-order valence-corrected chi connectivity index (χ0v) is 60.6. The summed E-state index contributed by atoms with van der Waals surface area (Å²) in [6.45, 7) is 4.51. The van der Waals surface area contributed by atoms with Crippen LogP contribution in [-0.2, 0) is 60.1 Å². The van der Waals surface area contributed by atoms with Gasteiger partial charge in [-0.2, -0.15) is 0 Å². The fourth-order valence-corrected chi connectivity index (χ4v) is 14.6. The maximum Gasteiger partial charge on any atom is 0.416 e. The summed E-state index contributed by atoms with van der Waals surface area (Å²) >= 11 is 0. The van der Waals surface area contributed by atoms with Crippen LogP contribution in [0.25, 0.3) is 28.1 Å². The number of amides is 9. The van der Waals surface area contributed by atoms with E-state index in [9.17, 15) is 48.3 Å². The van der Waals surface area contributed by atoms with Crippen molar-refractivity contribution in [3.8, 4) is 51.3 Å². The Bertz CT molecular complexity index is 4650. The number of rotatable bonds is 25. The summed E-state index contributed by atoms with van der Waals surface area (Å²) in [5, 5.41) is 33.9. The fourth-order valence-electron chi connectivity index (χ4n) is 14.6. The molecule has 13 rings (SSSR count). The molecule has 28 nitrogen and oxygen atoms in total. The van der Waals surface area contributed by atoms with Crippen molar-refractivity contribution in [2.45, 2.75) is 122 Å². The molecule has 1 saturated carbocycles. The van der Waals surface area contributed by atoms with E-state index in [2.05, 4.69) is 36.9 Å². The molecule has 0 unspecified atom stereocenters. The number of hydrogen-bond donors (Lipinski definition) is 6. The largest absolute Gasteiger partial charge is 0.497 e. The van der Waals surface area contributed by atoms with E-state index in [1.165, 1.54) is 33.3 Å². The topological polar surface area (TPSA) is 333 Å². The number of aliphatic hydroxyl groups is 1. The molecule has 1 aromatic heterocycles. The van der Waals surface area contributed by atoms with Gasteiger partial charge in [0, 0.05) is 73.5 Å². The van der Waals surface area contributed by atoms with Crippen molar-refractivity contribution in [2.75, 3.05) is 69.3 Å². The normalized spacial score (nSPS) is 17.6. The Labute approximate surface area is 618 Å². The standard InChI is InChI=1S/C79H86N12O16/c1-45(2)70(84-68(94)40-81-67(93)39-80-66(92)27-28-69(95)89-41-50-13-8-9-14-55(50)72-71(85-86-87(72)4)56-15-10-11-16-59(56)89)74(97)82-46(3)73(96)83-52-22-17-47(18-23-52)43-107-78(101)91-60-37-65(63(104-7)36-58(60)76(99)90-44-79(29-30-79)38-61(90)77(91)100)106-32-12-31-105-64-34-49-19-24-53-33-51(48-20-25-54(102-5)26-21-48)42-88(53)75(98)57(49)35-62(64)103-6/h8-11,13-18,20-23,25-26,34-37,42,45-46,53,61,70,77,100H,12,19,24,27-33,38-41,43-44H2,1-7H3,(H,80,92)(H,81,93)(H,82,97)(H,83,96)(H,84,94)/t46-,53+,61-,70-,77-/m0/s1. The van der Waals surface area contributed by atoms with Crippen molar-refractivity contribution >= 4 is 76.0 Å². The quantitative estimate of drug-likeness (QED) is 0.0297. The number of carbonyl (C=O) groups is 9. The maximum absolute atomic E-state index is 14.5. The van der Waals surface area contributed by atoms with Crippen LogP contribution in [0, 0.1) is 11.3 Å². The van der Waals surface area contributed by atoms with Crippen molar-refractivity contribution < 1.29 is 76.7 Å². The van der Waals surface area contributed by atoms with Crippen LogP contribution in [0.4, 0.5) is 21.9 Å². The number of aromatic nitrogens is 3. The van der Waals surface area contributed by atoms with E-state index in [4.69, 9.17) is 28.4 Å². The molecular formula is C79H86N12O16. The van der Waals surface area contributed by atoms with Gasteiger partial charge in [-0.1, -0.05) is 85.8 Å². The minimum Gasteiger partial charge on any atom is -0.497 e. The summed E-state index contributed by atoms with van der Waals surface area (Å²) in [6, 6.07) is 32.9. The van der Waals surface area contributed by atoms with Crippen LogP contribution in [0.5, 0.6) is 28.7 Å². The molecule has 558 valence electrons. The monoisotopic (exact) mass is 1460 g/mol. The van der Waals surface area contributed by atoms with Gasteiger partial charge < -0.3 is 74.8 Å². The van der Waals surface area contributed by atoms with Gasteiger partial charge in [0.1, 0.15) is 30.1 Å². The second-order valence-corrected chi connectivity index (χ2v) is 28.1. The molecule has 5 atom stereocenters. The van der Waals surface area contributed by atoms with E-state index >= 15 is 0 Å². The Kier molecular flexibility index (Phi) is 21.6. The molecule has 5 aliphatic heterocycles. The Morgan fingerprint density at radius 2 is 1.36 bits per heavy atom. The number of hydrogen-bond acceptors (Lipinski definition) is 18. The minimum absolute atomic E-state index is 0.00195. The lowest BCUT2D eigenvalue weighted by atomic mass is 9.95. The van der Waals surface area contributed by atoms with Gasteiger partial charge in [0.15, 0.2) is 29.2 Å². The van der Waals surface area contributed by atoms with E-state index < -0.39 is 79.0 Å². The highest BCUT2D eigenvalue weighted by Gasteiger charge is 2.58. The number of benzene rings is 6. The SMILES string of the molecule is COc1ccc(C2=CN3C(=O)c4cc(OC)c(OCCCOc5cc6c(cc5OC)C(=O)N5CC7(CC7)C[C@H]5[C@H](O)N6C(=O)OCc5ccc(NC(=O)[C@H](C)NC(=O)[C@@H](NC(=O)CNC(=O)CNC(=O)CCC(=O)N6Cc7ccccc7-c7c(nnn7C)-c7ccccc76)C(C)C)cc5)cc4CC[C@@H]3C2)cc1. The van der Waals surface area contributed by atoms with Gasteiger partial charge in [-0.05, 0) is 133 Å². The number of aryl methyl sites for hydroxylation is 2. The number of methoxy groups -OCH3 is 3. The molecule has 6 aliphatic rings. The van der Waals surface area contributed by atoms with Crippen molar-refractivity contribution in [3.05, 3.63) is 161 Å². The van der Waals surface area contributed by atoms with Gasteiger partial charge in [0.25, 0.3) is 11.8 Å². The van der Waals surface area contributed by atoms with Crippen LogP contribution >= 0.6 is 0 Å². The molecule has 107 heavy (non-hydrogen) atoms. The van der Waals surface area contributed by atoms with Gasteiger partial charge in [0.05, 0.1) is 82.9 Å². The third-order valence-corrected chi connectivity index (χ3v) is 20.6. The summed E-state index contributed by atoms with van der Waals surface area (Å²) < 4.78 is 37.1. The number of nitrogens with one attached hydrogen (secondary N) is 5. The Hall–Kier alpha value is -11.8. The van der Waals surface area contributed by atoms with Crippen LogP contribution in [0.2, 0.25) is 0 Å². The van der Waals surface area contributed by atoms with E-state index in [0.717, 1.165) is 69.9 Å². The Balaban J connectivity index is 0.569. The number of anilines is 3. The Morgan fingerprint density at radius 3 is 2.07 bits per heavy atom. The van der Waals surface area contributed by atoms with Crippen LogP contribution in [0.1, 0.15) is 115 Å². The third kappa shape index (κ3) is 15.8. The molecule has 1 spiro atoms. The van der Waals surface area contributed by atoms with Gasteiger partial charge in [0.2, 0.25) is 35.4 Å². The van der Waals surface area contributed by atoms with Crippen molar-refractivity contribution in [1.29, 1.82) is 0 Å². The molecular weight excluding hydrogens is 1370 g/mol. The first kappa shape index (κ1) is 73.5. The van der Waals surface area contributed by atoms with Gasteiger partial charge in [-0.15, -0.1) is 5.10 Å². The smallest absolute Gasteiger partial charge is 0.416 e. The highest BCUT2D eigenvalue weighted by molar-refractivity contribution is 6.07. The van der Waals surface area contributed by atoms with Gasteiger partial charge in [-0.25, -0.2) is 14.4 Å². The molecule has 6 aromatic carbocycles. The molecule has 0 radical (unpaired) electrons. The van der Waals surface area contributed by atoms with Crippen molar-refractivity contribution in [2.24, 2.45) is 18.4 Å². The van der Waals surface area contributed by atoms with Gasteiger partial charge >= 0.3 is 6.09 Å². The average molecular weight is 1460 g/mol. The van der Waals surface area contributed by atoms with E-state index in [0.29, 0.717) is 71.1 Å². The average Bonchev–Trinajstić information content (AvgIpc) is 1.57. The van der Waals surface area contributed by atoms with E-state index in [-0.39, 0.29) is 91.1 Å². The third-order valence-electron chi connectivity index (χ3n) is 20.6. The number of ether oxygens (including phenoxy) is 6. The summed E-state index contributed by atoms with van der Waals surface area (Å²) in [7, 11) is 6.41. The highest BCUT2D eigenvalue weighted by Crippen LogP contribution is 2.57. The summed E-state index contributed by atoms with van der Waals surface area (Å²) in [5.41, 5.74) is 8.92. The molecule has 2 fully saturated rings. The molecule has 0 bridgehead atoms. The molecule has 1 saturated heterocycles. The Morgan fingerprint density at radius 1 is 0.682 bits per heavy atom.